The van der Waals surface area contributed by atoms with E-state index in [0.717, 1.165) is 16.7 Å². The van der Waals surface area contributed by atoms with Crippen LogP contribution in [0.1, 0.15) is 68.8 Å². The third kappa shape index (κ3) is 11.1. The maximum atomic E-state index is 13.3. The Bertz CT molecular complexity index is 1330. The minimum atomic E-state index is -0.788. The van der Waals surface area contributed by atoms with Gasteiger partial charge in [0.25, 0.3) is 0 Å². The predicted octanol–water partition coefficient (Wildman–Crippen LogP) is 6.08. The van der Waals surface area contributed by atoms with Crippen molar-refractivity contribution in [3.05, 3.63) is 95.8 Å². The largest absolute Gasteiger partial charge is 0.356 e. The van der Waals surface area contributed by atoms with Crippen LogP contribution in [0.15, 0.2) is 78.9 Å². The summed E-state index contributed by atoms with van der Waals surface area (Å²) in [6, 6.07) is 22.9. The summed E-state index contributed by atoms with van der Waals surface area (Å²) in [5.41, 5.74) is 2.76. The summed E-state index contributed by atoms with van der Waals surface area (Å²) in [7, 11) is 0. The molecule has 0 aliphatic carbocycles. The van der Waals surface area contributed by atoms with E-state index in [1.54, 1.807) is 30.3 Å². The minimum Gasteiger partial charge on any atom is -0.356 e. The summed E-state index contributed by atoms with van der Waals surface area (Å²) in [5.74, 6) is -1.91. The zero-order valence-electron chi connectivity index (χ0n) is 24.0. The highest BCUT2D eigenvalue weighted by Gasteiger charge is 2.26. The fraction of sp³-hybridized carbons (Fsp3) is 0.353. The molecule has 0 unspecified atom stereocenters. The molecule has 3 rings (SSSR count). The Morgan fingerprint density at radius 1 is 0.805 bits per heavy atom. The smallest absolute Gasteiger partial charge is 0.224 e. The highest BCUT2D eigenvalue weighted by molar-refractivity contribution is 5.97. The molecule has 0 spiro atoms. The second-order valence-electron chi connectivity index (χ2n) is 11.3. The molecule has 1 atom stereocenters. The number of amides is 2. The summed E-state index contributed by atoms with van der Waals surface area (Å²) >= 11 is 0. The molecule has 3 aromatic rings. The third-order valence-corrected chi connectivity index (χ3v) is 6.57. The molecule has 0 bridgehead atoms. The van der Waals surface area contributed by atoms with Gasteiger partial charge in [0.15, 0.2) is 5.78 Å². The molecule has 0 saturated heterocycles. The topological polar surface area (TPSA) is 92.3 Å². The molecular formula is C34H39FN2O4. The Hall–Kier alpha value is -4.13. The number of Topliss-reactive ketones (excluding diaryl/α,β-unsaturated/α-hetero) is 2. The fourth-order valence-electron chi connectivity index (χ4n) is 4.52. The number of hydrogen-bond donors (Lipinski definition) is 2. The summed E-state index contributed by atoms with van der Waals surface area (Å²) in [6.45, 7) is 5.82. The van der Waals surface area contributed by atoms with Crippen LogP contribution in [0.25, 0.3) is 11.1 Å². The Balaban J connectivity index is 1.53. The van der Waals surface area contributed by atoms with Gasteiger partial charge in [0.2, 0.25) is 11.8 Å². The number of aryl methyl sites for hydroxylation is 1. The van der Waals surface area contributed by atoms with Crippen LogP contribution in [-0.4, -0.2) is 35.5 Å². The number of halogens is 1. The maximum absolute atomic E-state index is 13.3. The van der Waals surface area contributed by atoms with E-state index in [1.165, 1.54) is 12.1 Å². The molecule has 3 aromatic carbocycles. The first kappa shape index (κ1) is 31.4. The summed E-state index contributed by atoms with van der Waals surface area (Å²) in [4.78, 5) is 51.2. The van der Waals surface area contributed by atoms with Gasteiger partial charge in [-0.2, -0.15) is 0 Å². The lowest BCUT2D eigenvalue weighted by Crippen LogP contribution is -2.43. The summed E-state index contributed by atoms with van der Waals surface area (Å²) in [5, 5.41) is 5.68. The average Bonchev–Trinajstić information content (AvgIpc) is 2.93. The lowest BCUT2D eigenvalue weighted by atomic mass is 9.94. The van der Waals surface area contributed by atoms with E-state index < -0.39 is 11.5 Å². The van der Waals surface area contributed by atoms with Crippen molar-refractivity contribution in [2.24, 2.45) is 5.92 Å². The number of carbonyl (C=O) groups excluding carboxylic acids is 4. The van der Waals surface area contributed by atoms with Crippen molar-refractivity contribution in [2.75, 3.05) is 6.54 Å². The Labute approximate surface area is 241 Å². The van der Waals surface area contributed by atoms with E-state index >= 15 is 0 Å². The zero-order valence-corrected chi connectivity index (χ0v) is 24.0. The van der Waals surface area contributed by atoms with Gasteiger partial charge in [0.1, 0.15) is 11.6 Å². The zero-order chi connectivity index (χ0) is 29.8. The van der Waals surface area contributed by atoms with Gasteiger partial charge in [-0.3, -0.25) is 19.2 Å². The van der Waals surface area contributed by atoms with Crippen molar-refractivity contribution in [1.29, 1.82) is 0 Å². The molecule has 2 N–H and O–H groups in total. The summed E-state index contributed by atoms with van der Waals surface area (Å²) < 4.78 is 13.3. The highest BCUT2D eigenvalue weighted by atomic mass is 19.1. The van der Waals surface area contributed by atoms with Crippen LogP contribution in [0.5, 0.6) is 0 Å². The quantitative estimate of drug-likeness (QED) is 0.185. The van der Waals surface area contributed by atoms with Crippen molar-refractivity contribution >= 4 is 23.4 Å². The molecule has 0 saturated carbocycles. The molecule has 0 radical (unpaired) electrons. The molecule has 216 valence electrons. The van der Waals surface area contributed by atoms with Crippen molar-refractivity contribution in [3.8, 4) is 11.1 Å². The van der Waals surface area contributed by atoms with Crippen molar-refractivity contribution in [3.63, 3.8) is 0 Å². The van der Waals surface area contributed by atoms with Crippen molar-refractivity contribution < 1.29 is 23.6 Å². The Morgan fingerprint density at radius 2 is 1.51 bits per heavy atom. The minimum absolute atomic E-state index is 0.0225. The second kappa shape index (κ2) is 15.0. The van der Waals surface area contributed by atoms with E-state index in [-0.39, 0.29) is 55.0 Å². The van der Waals surface area contributed by atoms with Crippen molar-refractivity contribution in [2.45, 2.75) is 64.8 Å². The highest BCUT2D eigenvalue weighted by Crippen LogP contribution is 2.22. The average molecular weight is 559 g/mol. The fourth-order valence-corrected chi connectivity index (χ4v) is 4.52. The SMILES string of the molecule is CC(C)(C)NC(=O)C[C@H](CC(=O)CCc1ccccc1)C(=O)NCCCC(=O)c1cccc(-c2ccc(F)cc2)c1. The summed E-state index contributed by atoms with van der Waals surface area (Å²) in [6.07, 6.45) is 1.39. The van der Waals surface area contributed by atoms with Gasteiger partial charge < -0.3 is 10.6 Å². The first-order valence-electron chi connectivity index (χ1n) is 14.0. The second-order valence-corrected chi connectivity index (χ2v) is 11.3. The Morgan fingerprint density at radius 3 is 2.20 bits per heavy atom. The monoisotopic (exact) mass is 558 g/mol. The number of rotatable bonds is 14. The van der Waals surface area contributed by atoms with Crippen LogP contribution in [0, 0.1) is 11.7 Å². The van der Waals surface area contributed by atoms with E-state index in [0.29, 0.717) is 24.8 Å². The van der Waals surface area contributed by atoms with Gasteiger partial charge in [0.05, 0.1) is 5.92 Å². The lowest BCUT2D eigenvalue weighted by molar-refractivity contribution is -0.133. The Kier molecular flexibility index (Phi) is 11.5. The van der Waals surface area contributed by atoms with Gasteiger partial charge in [-0.05, 0) is 68.5 Å². The maximum Gasteiger partial charge on any atom is 0.224 e. The number of carbonyl (C=O) groups is 4. The molecule has 0 aliphatic rings. The number of benzene rings is 3. The first-order valence-corrected chi connectivity index (χ1v) is 14.0. The van der Waals surface area contributed by atoms with Crippen LogP contribution >= 0.6 is 0 Å². The van der Waals surface area contributed by atoms with Crippen LogP contribution in [0.2, 0.25) is 0 Å². The molecule has 0 heterocycles. The van der Waals surface area contributed by atoms with Crippen LogP contribution < -0.4 is 10.6 Å². The van der Waals surface area contributed by atoms with E-state index in [4.69, 9.17) is 0 Å². The first-order chi connectivity index (χ1) is 19.5. The van der Waals surface area contributed by atoms with Gasteiger partial charge >= 0.3 is 0 Å². The van der Waals surface area contributed by atoms with Crippen molar-refractivity contribution in [1.82, 2.24) is 10.6 Å². The van der Waals surface area contributed by atoms with Gasteiger partial charge in [-0.15, -0.1) is 0 Å². The molecule has 2 amide bonds. The number of hydrogen-bond acceptors (Lipinski definition) is 4. The molecule has 0 aromatic heterocycles. The van der Waals surface area contributed by atoms with Crippen LogP contribution in [0.4, 0.5) is 4.39 Å². The normalized spacial score (nSPS) is 11.9. The van der Waals surface area contributed by atoms with Gasteiger partial charge in [0, 0.05) is 43.3 Å². The molecular weight excluding hydrogens is 519 g/mol. The molecule has 6 nitrogen and oxygen atoms in total. The van der Waals surface area contributed by atoms with E-state index in [2.05, 4.69) is 10.6 Å². The molecule has 0 fully saturated rings. The van der Waals surface area contributed by atoms with Gasteiger partial charge in [-0.1, -0.05) is 60.7 Å². The number of nitrogens with one attached hydrogen (secondary N) is 2. The predicted molar refractivity (Wildman–Crippen MR) is 159 cm³/mol. The number of ketones is 2. The van der Waals surface area contributed by atoms with Crippen LogP contribution in [-0.2, 0) is 20.8 Å². The molecule has 41 heavy (non-hydrogen) atoms. The third-order valence-electron chi connectivity index (χ3n) is 6.57. The van der Waals surface area contributed by atoms with Crippen LogP contribution in [0.3, 0.4) is 0 Å². The molecule has 0 aliphatic heterocycles. The van der Waals surface area contributed by atoms with Gasteiger partial charge in [-0.25, -0.2) is 4.39 Å². The standard InChI is InChI=1S/C34H39FN2O4/c1-34(2,3)37-32(40)23-28(22-30(38)19-14-24-9-5-4-6-10-24)33(41)36-20-8-13-31(39)27-12-7-11-26(21-27)25-15-17-29(35)18-16-25/h4-7,9-12,15-18,21,28H,8,13-14,19-20,22-23H2,1-3H3,(H,36,41)(H,37,40)/t28-/m0/s1. The van der Waals surface area contributed by atoms with E-state index in [1.807, 2.05) is 57.2 Å². The molecule has 7 heteroatoms. The lowest BCUT2D eigenvalue weighted by Gasteiger charge is -2.23. The van der Waals surface area contributed by atoms with E-state index in [9.17, 15) is 23.6 Å².